The lowest BCUT2D eigenvalue weighted by Crippen LogP contribution is -2.09. The third kappa shape index (κ3) is 3.16. The van der Waals surface area contributed by atoms with Crippen LogP contribution in [-0.4, -0.2) is 23.0 Å². The Kier molecular flexibility index (Phi) is 3.92. The second-order valence-electron chi connectivity index (χ2n) is 4.48. The van der Waals surface area contributed by atoms with E-state index in [4.69, 9.17) is 5.14 Å². The van der Waals surface area contributed by atoms with Crippen LogP contribution in [0.15, 0.2) is 53.4 Å². The van der Waals surface area contributed by atoms with Gasteiger partial charge < -0.3 is 9.88 Å². The fraction of sp³-hybridized carbons (Fsp3) is 0.0769. The van der Waals surface area contributed by atoms with Gasteiger partial charge in [0.2, 0.25) is 10.0 Å². The molecule has 114 valence electrons. The van der Waals surface area contributed by atoms with Gasteiger partial charge in [-0.3, -0.25) is 0 Å². The molecule has 0 aliphatic carbocycles. The van der Waals surface area contributed by atoms with Gasteiger partial charge in [0.25, 0.3) is 0 Å². The molecule has 0 aliphatic rings. The molecule has 0 saturated heterocycles. The van der Waals surface area contributed by atoms with Gasteiger partial charge in [0.05, 0.1) is 18.2 Å². The minimum atomic E-state index is -3.70. The fourth-order valence-electron chi connectivity index (χ4n) is 1.96. The number of nitrogens with two attached hydrogens (primary N) is 1. The second-order valence-corrected chi connectivity index (χ2v) is 7.30. The van der Waals surface area contributed by atoms with Crippen LogP contribution in [0.1, 0.15) is 5.56 Å². The summed E-state index contributed by atoms with van der Waals surface area (Å²) in [4.78, 5) is 8.06. The van der Waals surface area contributed by atoms with Gasteiger partial charge in [0, 0.05) is 18.9 Å². The summed E-state index contributed by atoms with van der Waals surface area (Å²) in [6.07, 6.45) is 6.55. The summed E-state index contributed by atoms with van der Waals surface area (Å²) in [6, 6.07) is 7.85. The van der Waals surface area contributed by atoms with Gasteiger partial charge in [-0.2, -0.15) is 0 Å². The monoisotopic (exact) mass is 335 g/mol. The third-order valence-electron chi connectivity index (χ3n) is 2.97. The summed E-state index contributed by atoms with van der Waals surface area (Å²) in [7, 11) is -3.70. The summed E-state index contributed by atoms with van der Waals surface area (Å²) in [5.41, 5.74) is 2.03. The number of sulfonamides is 1. The molecule has 0 bridgehead atoms. The lowest BCUT2D eigenvalue weighted by molar-refractivity contribution is 0.599. The van der Waals surface area contributed by atoms with E-state index < -0.39 is 10.0 Å². The van der Waals surface area contributed by atoms with Gasteiger partial charge in [0.1, 0.15) is 0 Å². The van der Waals surface area contributed by atoms with Gasteiger partial charge in [-0.25, -0.2) is 23.5 Å². The largest absolute Gasteiger partial charge is 0.357 e. The van der Waals surface area contributed by atoms with Crippen molar-refractivity contribution in [1.82, 2.24) is 14.5 Å². The van der Waals surface area contributed by atoms with E-state index in [9.17, 15) is 8.42 Å². The van der Waals surface area contributed by atoms with Crippen molar-refractivity contribution < 1.29 is 8.42 Å². The van der Waals surface area contributed by atoms with Crippen molar-refractivity contribution in [2.45, 2.75) is 10.8 Å². The number of benzene rings is 1. The number of rotatable bonds is 5. The van der Waals surface area contributed by atoms with Crippen molar-refractivity contribution in [2.75, 3.05) is 5.32 Å². The normalized spacial score (nSPS) is 11.5. The summed E-state index contributed by atoms with van der Waals surface area (Å²) in [5, 5.41) is 8.68. The Balaban J connectivity index is 1.79. The minimum Gasteiger partial charge on any atom is -0.357 e. The molecule has 2 heterocycles. The number of primary sulfonamides is 1. The van der Waals surface area contributed by atoms with E-state index in [1.54, 1.807) is 12.5 Å². The van der Waals surface area contributed by atoms with Crippen molar-refractivity contribution in [3.8, 4) is 5.69 Å². The molecule has 0 atom stereocenters. The van der Waals surface area contributed by atoms with E-state index in [1.165, 1.54) is 6.20 Å². The first-order chi connectivity index (χ1) is 10.5. The van der Waals surface area contributed by atoms with Gasteiger partial charge in [0.15, 0.2) is 9.34 Å². The highest BCUT2D eigenvalue weighted by Crippen LogP contribution is 2.23. The molecule has 0 fully saturated rings. The standard InChI is InChI=1S/C13H13N5O2S2/c14-22(19,20)12-8-17-13(21-12)16-7-10-3-1-2-4-11(10)18-6-5-15-9-18/h1-6,8-9H,7H2,(H,16,17)(H2,14,19,20). The molecule has 1 aromatic carbocycles. The molecule has 7 nitrogen and oxygen atoms in total. The first kappa shape index (κ1) is 14.7. The van der Waals surface area contributed by atoms with E-state index >= 15 is 0 Å². The number of anilines is 1. The van der Waals surface area contributed by atoms with Crippen molar-refractivity contribution in [3.63, 3.8) is 0 Å². The number of hydrogen-bond donors (Lipinski definition) is 2. The Morgan fingerprint density at radius 1 is 1.32 bits per heavy atom. The van der Waals surface area contributed by atoms with Crippen molar-refractivity contribution in [1.29, 1.82) is 0 Å². The maximum absolute atomic E-state index is 11.2. The zero-order chi connectivity index (χ0) is 15.6. The number of aromatic nitrogens is 3. The number of thiazole rings is 1. The molecule has 0 saturated carbocycles. The quantitative estimate of drug-likeness (QED) is 0.737. The predicted octanol–water partition coefficient (Wildman–Crippen LogP) is 1.59. The molecule has 3 rings (SSSR count). The molecule has 0 radical (unpaired) electrons. The molecular weight excluding hydrogens is 322 g/mol. The van der Waals surface area contributed by atoms with Crippen LogP contribution in [0.25, 0.3) is 5.69 Å². The molecule has 0 amide bonds. The molecule has 0 spiro atoms. The Labute approximate surface area is 131 Å². The topological polar surface area (TPSA) is 103 Å². The average molecular weight is 335 g/mol. The summed E-state index contributed by atoms with van der Waals surface area (Å²) >= 11 is 1.01. The zero-order valence-corrected chi connectivity index (χ0v) is 13.0. The van der Waals surface area contributed by atoms with Crippen molar-refractivity contribution in [3.05, 3.63) is 54.7 Å². The molecular formula is C13H13N5O2S2. The van der Waals surface area contributed by atoms with E-state index in [-0.39, 0.29) is 4.21 Å². The highest BCUT2D eigenvalue weighted by molar-refractivity contribution is 7.91. The summed E-state index contributed by atoms with van der Waals surface area (Å²) < 4.78 is 24.4. The molecule has 0 aliphatic heterocycles. The molecule has 3 N–H and O–H groups in total. The number of para-hydroxylation sites is 1. The first-order valence-corrected chi connectivity index (χ1v) is 8.69. The van der Waals surface area contributed by atoms with Gasteiger partial charge in [-0.05, 0) is 11.6 Å². The number of nitrogens with one attached hydrogen (secondary N) is 1. The Morgan fingerprint density at radius 3 is 2.82 bits per heavy atom. The van der Waals surface area contributed by atoms with E-state index in [0.717, 1.165) is 22.6 Å². The maximum Gasteiger partial charge on any atom is 0.249 e. The fourth-order valence-corrected chi connectivity index (χ4v) is 3.40. The Bertz CT molecular complexity index is 871. The van der Waals surface area contributed by atoms with Crippen LogP contribution in [0.2, 0.25) is 0 Å². The lowest BCUT2D eigenvalue weighted by Gasteiger charge is -2.10. The number of imidazole rings is 1. The van der Waals surface area contributed by atoms with Crippen LogP contribution in [-0.2, 0) is 16.6 Å². The third-order valence-corrected chi connectivity index (χ3v) is 5.33. The summed E-state index contributed by atoms with van der Waals surface area (Å²) in [6.45, 7) is 0.506. The first-order valence-electron chi connectivity index (χ1n) is 6.33. The zero-order valence-electron chi connectivity index (χ0n) is 11.4. The molecule has 22 heavy (non-hydrogen) atoms. The van der Waals surface area contributed by atoms with Gasteiger partial charge in [-0.15, -0.1) is 0 Å². The lowest BCUT2D eigenvalue weighted by atomic mass is 10.2. The Hall–Kier alpha value is -2.23. The maximum atomic E-state index is 11.2. The Morgan fingerprint density at radius 2 is 2.14 bits per heavy atom. The SMILES string of the molecule is NS(=O)(=O)c1cnc(NCc2ccccc2-n2ccnc2)s1. The van der Waals surface area contributed by atoms with Crippen LogP contribution in [0.3, 0.4) is 0 Å². The van der Waals surface area contributed by atoms with Crippen LogP contribution >= 0.6 is 11.3 Å². The molecule has 3 aromatic rings. The van der Waals surface area contributed by atoms with E-state index in [1.807, 2.05) is 35.0 Å². The van der Waals surface area contributed by atoms with Gasteiger partial charge >= 0.3 is 0 Å². The van der Waals surface area contributed by atoms with Crippen molar-refractivity contribution in [2.24, 2.45) is 5.14 Å². The summed E-state index contributed by atoms with van der Waals surface area (Å²) in [5.74, 6) is 0. The van der Waals surface area contributed by atoms with E-state index in [2.05, 4.69) is 15.3 Å². The van der Waals surface area contributed by atoms with E-state index in [0.29, 0.717) is 11.7 Å². The van der Waals surface area contributed by atoms with Crippen LogP contribution < -0.4 is 10.5 Å². The molecule has 0 unspecified atom stereocenters. The highest BCUT2D eigenvalue weighted by Gasteiger charge is 2.12. The smallest absolute Gasteiger partial charge is 0.249 e. The minimum absolute atomic E-state index is 0.0397. The van der Waals surface area contributed by atoms with Crippen LogP contribution in [0, 0.1) is 0 Å². The van der Waals surface area contributed by atoms with Crippen LogP contribution in [0.5, 0.6) is 0 Å². The van der Waals surface area contributed by atoms with Crippen molar-refractivity contribution >= 4 is 26.5 Å². The van der Waals surface area contributed by atoms with Gasteiger partial charge in [-0.1, -0.05) is 29.5 Å². The second kappa shape index (κ2) is 5.87. The number of nitrogens with zero attached hydrogens (tertiary/aromatic N) is 3. The highest BCUT2D eigenvalue weighted by atomic mass is 32.2. The molecule has 2 aromatic heterocycles. The number of hydrogen-bond acceptors (Lipinski definition) is 6. The average Bonchev–Trinajstić information content (AvgIpc) is 3.16. The predicted molar refractivity (Wildman–Crippen MR) is 84.4 cm³/mol. The molecule has 9 heteroatoms. The van der Waals surface area contributed by atoms with Crippen LogP contribution in [0.4, 0.5) is 5.13 Å².